The van der Waals surface area contributed by atoms with Gasteiger partial charge in [0.2, 0.25) is 5.91 Å². The van der Waals surface area contributed by atoms with Crippen LogP contribution < -0.4 is 11.1 Å². The predicted octanol–water partition coefficient (Wildman–Crippen LogP) is 2.36. The van der Waals surface area contributed by atoms with E-state index in [0.29, 0.717) is 5.13 Å². The van der Waals surface area contributed by atoms with Crippen LogP contribution in [0, 0.1) is 5.92 Å². The molecule has 1 fully saturated rings. The molecule has 0 aliphatic carbocycles. The van der Waals surface area contributed by atoms with Gasteiger partial charge in [0.05, 0.1) is 0 Å². The first-order valence-electron chi connectivity index (χ1n) is 7.93. The van der Waals surface area contributed by atoms with E-state index in [9.17, 15) is 4.79 Å². The molecule has 124 valence electrons. The number of thiazole rings is 1. The molecule has 0 radical (unpaired) electrons. The Balaban J connectivity index is 1.37. The summed E-state index contributed by atoms with van der Waals surface area (Å²) in [6, 6.07) is 4.16. The highest BCUT2D eigenvalue weighted by atomic mass is 32.1. The second-order valence-corrected chi connectivity index (χ2v) is 8.01. The maximum atomic E-state index is 12.2. The molecule has 0 unspecified atom stereocenters. The summed E-state index contributed by atoms with van der Waals surface area (Å²) in [6.45, 7) is 3.54. The van der Waals surface area contributed by atoms with E-state index in [1.807, 2.05) is 12.3 Å². The molecule has 1 aliphatic rings. The van der Waals surface area contributed by atoms with Gasteiger partial charge in [0.15, 0.2) is 5.13 Å². The fourth-order valence-electron chi connectivity index (χ4n) is 2.88. The Labute approximate surface area is 144 Å². The molecule has 0 spiro atoms. The largest absolute Gasteiger partial charge is 0.375 e. The lowest BCUT2D eigenvalue weighted by Gasteiger charge is -2.30. The van der Waals surface area contributed by atoms with Crippen molar-refractivity contribution >= 4 is 33.7 Å². The molecule has 2 aromatic rings. The third-order valence-electron chi connectivity index (χ3n) is 4.16. The number of nitrogens with one attached hydrogen (secondary N) is 1. The van der Waals surface area contributed by atoms with E-state index < -0.39 is 0 Å². The topological polar surface area (TPSA) is 71.2 Å². The number of carbonyl (C=O) groups excluding carboxylic acids is 1. The van der Waals surface area contributed by atoms with Crippen LogP contribution in [0.4, 0.5) is 5.13 Å². The zero-order valence-electron chi connectivity index (χ0n) is 13.0. The zero-order chi connectivity index (χ0) is 16.1. The lowest BCUT2D eigenvalue weighted by atomic mass is 9.96. The Hall–Kier alpha value is -1.44. The van der Waals surface area contributed by atoms with Gasteiger partial charge in [-0.1, -0.05) is 6.07 Å². The number of carbonyl (C=O) groups is 1. The molecular weight excluding hydrogens is 328 g/mol. The molecular formula is C16H22N4OS2. The number of anilines is 1. The van der Waals surface area contributed by atoms with Crippen LogP contribution in [0.3, 0.4) is 0 Å². The van der Waals surface area contributed by atoms with E-state index in [1.165, 1.54) is 9.75 Å². The average molecular weight is 351 g/mol. The number of nitrogen functional groups attached to an aromatic ring is 1. The van der Waals surface area contributed by atoms with Gasteiger partial charge >= 0.3 is 0 Å². The van der Waals surface area contributed by atoms with Gasteiger partial charge in [-0.05, 0) is 43.8 Å². The SMILES string of the molecule is Nc1ncc(CN2CCC(C(=O)NCCc3cccs3)CC2)s1. The normalized spacial score (nSPS) is 16.5. The molecule has 1 amide bonds. The molecule has 5 nitrogen and oxygen atoms in total. The molecule has 3 heterocycles. The summed E-state index contributed by atoms with van der Waals surface area (Å²) in [5.74, 6) is 0.365. The van der Waals surface area contributed by atoms with E-state index >= 15 is 0 Å². The number of thiophene rings is 1. The van der Waals surface area contributed by atoms with Gasteiger partial charge in [0, 0.05) is 35.0 Å². The number of nitrogens with two attached hydrogens (primary N) is 1. The first kappa shape index (κ1) is 16.4. The molecule has 1 saturated heterocycles. The van der Waals surface area contributed by atoms with Crippen LogP contribution in [0.25, 0.3) is 0 Å². The van der Waals surface area contributed by atoms with Crippen molar-refractivity contribution in [2.75, 3.05) is 25.4 Å². The van der Waals surface area contributed by atoms with Gasteiger partial charge in [-0.3, -0.25) is 9.69 Å². The Bertz CT molecular complexity index is 618. The third-order valence-corrected chi connectivity index (χ3v) is 5.91. The van der Waals surface area contributed by atoms with Crippen LogP contribution >= 0.6 is 22.7 Å². The first-order valence-corrected chi connectivity index (χ1v) is 9.63. The van der Waals surface area contributed by atoms with E-state index in [1.54, 1.807) is 22.7 Å². The number of amides is 1. The minimum absolute atomic E-state index is 0.154. The fourth-order valence-corrected chi connectivity index (χ4v) is 4.31. The summed E-state index contributed by atoms with van der Waals surface area (Å²) >= 11 is 3.29. The van der Waals surface area contributed by atoms with Crippen LogP contribution in [0.5, 0.6) is 0 Å². The van der Waals surface area contributed by atoms with Crippen molar-refractivity contribution in [1.82, 2.24) is 15.2 Å². The van der Waals surface area contributed by atoms with Crippen LogP contribution in [-0.4, -0.2) is 35.4 Å². The lowest BCUT2D eigenvalue weighted by Crippen LogP contribution is -2.40. The maximum absolute atomic E-state index is 12.2. The van der Waals surface area contributed by atoms with Crippen LogP contribution in [0.15, 0.2) is 23.7 Å². The maximum Gasteiger partial charge on any atom is 0.223 e. The molecule has 0 atom stereocenters. The van der Waals surface area contributed by atoms with Gasteiger partial charge in [0.25, 0.3) is 0 Å². The summed E-state index contributed by atoms with van der Waals surface area (Å²) in [5.41, 5.74) is 5.66. The number of nitrogens with zero attached hydrogens (tertiary/aromatic N) is 2. The number of hydrogen-bond donors (Lipinski definition) is 2. The van der Waals surface area contributed by atoms with E-state index in [4.69, 9.17) is 5.73 Å². The summed E-state index contributed by atoms with van der Waals surface area (Å²) in [6.07, 6.45) is 4.64. The van der Waals surface area contributed by atoms with Crippen molar-refractivity contribution in [3.63, 3.8) is 0 Å². The highest BCUT2D eigenvalue weighted by Gasteiger charge is 2.24. The predicted molar refractivity (Wildman–Crippen MR) is 95.6 cm³/mol. The van der Waals surface area contributed by atoms with Gasteiger partial charge in [-0.15, -0.1) is 22.7 Å². The second kappa shape index (κ2) is 7.90. The Morgan fingerprint density at radius 2 is 2.22 bits per heavy atom. The highest BCUT2D eigenvalue weighted by molar-refractivity contribution is 7.15. The van der Waals surface area contributed by atoms with E-state index in [0.717, 1.165) is 45.4 Å². The Kier molecular flexibility index (Phi) is 5.64. The Morgan fingerprint density at radius 1 is 1.39 bits per heavy atom. The van der Waals surface area contributed by atoms with E-state index in [-0.39, 0.29) is 11.8 Å². The van der Waals surface area contributed by atoms with Crippen molar-refractivity contribution in [1.29, 1.82) is 0 Å². The number of rotatable bonds is 6. The zero-order valence-corrected chi connectivity index (χ0v) is 14.7. The molecule has 0 bridgehead atoms. The standard InChI is InChI=1S/C16H22N4OS2/c17-16-19-10-14(23-16)11-20-7-4-12(5-8-20)15(21)18-6-3-13-2-1-9-22-13/h1-2,9-10,12H,3-8,11H2,(H2,17,19)(H,18,21). The van der Waals surface area contributed by atoms with Crippen LogP contribution in [-0.2, 0) is 17.8 Å². The van der Waals surface area contributed by atoms with Crippen molar-refractivity contribution in [2.45, 2.75) is 25.8 Å². The molecule has 7 heteroatoms. The molecule has 1 aliphatic heterocycles. The monoisotopic (exact) mass is 350 g/mol. The minimum atomic E-state index is 0.154. The molecule has 3 N–H and O–H groups in total. The number of aromatic nitrogens is 1. The second-order valence-electron chi connectivity index (χ2n) is 5.84. The Morgan fingerprint density at radius 3 is 2.87 bits per heavy atom. The average Bonchev–Trinajstić information content (AvgIpc) is 3.20. The van der Waals surface area contributed by atoms with Crippen molar-refractivity contribution < 1.29 is 4.79 Å². The third kappa shape index (κ3) is 4.76. The van der Waals surface area contributed by atoms with Gasteiger partial charge < -0.3 is 11.1 Å². The summed E-state index contributed by atoms with van der Waals surface area (Å²) in [7, 11) is 0. The molecule has 23 heavy (non-hydrogen) atoms. The quantitative estimate of drug-likeness (QED) is 0.839. The van der Waals surface area contributed by atoms with Crippen molar-refractivity contribution in [3.8, 4) is 0 Å². The number of piperidine rings is 1. The van der Waals surface area contributed by atoms with Gasteiger partial charge in [-0.25, -0.2) is 4.98 Å². The number of hydrogen-bond acceptors (Lipinski definition) is 6. The van der Waals surface area contributed by atoms with Gasteiger partial charge in [0.1, 0.15) is 0 Å². The highest BCUT2D eigenvalue weighted by Crippen LogP contribution is 2.22. The van der Waals surface area contributed by atoms with Crippen LogP contribution in [0.2, 0.25) is 0 Å². The summed E-state index contributed by atoms with van der Waals surface area (Å²) < 4.78 is 0. The molecule has 0 aromatic carbocycles. The number of likely N-dealkylation sites (tertiary alicyclic amines) is 1. The van der Waals surface area contributed by atoms with Crippen LogP contribution in [0.1, 0.15) is 22.6 Å². The van der Waals surface area contributed by atoms with Crippen molar-refractivity contribution in [3.05, 3.63) is 33.5 Å². The molecule has 0 saturated carbocycles. The lowest BCUT2D eigenvalue weighted by molar-refractivity contribution is -0.126. The minimum Gasteiger partial charge on any atom is -0.375 e. The summed E-state index contributed by atoms with van der Waals surface area (Å²) in [4.78, 5) is 21.2. The fraction of sp³-hybridized carbons (Fsp3) is 0.500. The molecule has 2 aromatic heterocycles. The van der Waals surface area contributed by atoms with E-state index in [2.05, 4.69) is 26.6 Å². The van der Waals surface area contributed by atoms with Crippen molar-refractivity contribution in [2.24, 2.45) is 5.92 Å². The van der Waals surface area contributed by atoms with Gasteiger partial charge in [-0.2, -0.15) is 0 Å². The first-order chi connectivity index (χ1) is 11.2. The smallest absolute Gasteiger partial charge is 0.223 e. The molecule has 3 rings (SSSR count). The summed E-state index contributed by atoms with van der Waals surface area (Å²) in [5, 5.41) is 5.78.